The van der Waals surface area contributed by atoms with Crippen LogP contribution in [0.15, 0.2) is 78.9 Å². The minimum absolute atomic E-state index is 0.613. The van der Waals surface area contributed by atoms with Gasteiger partial charge in [-0.3, -0.25) is 14.4 Å². The molecule has 10 nitrogen and oxygen atoms in total. The second-order valence-corrected chi connectivity index (χ2v) is 9.95. The number of ether oxygens (including phenoxy) is 5. The van der Waals surface area contributed by atoms with E-state index in [4.69, 9.17) is 23.7 Å². The lowest BCUT2D eigenvalue weighted by Gasteiger charge is -2.42. The van der Waals surface area contributed by atoms with Gasteiger partial charge in [-0.05, 0) is 41.0 Å². The van der Waals surface area contributed by atoms with Gasteiger partial charge in [0.15, 0.2) is 6.10 Å². The Kier molecular flexibility index (Phi) is 7.70. The van der Waals surface area contributed by atoms with E-state index in [9.17, 15) is 24.6 Å². The minimum atomic E-state index is -1.42. The molecule has 5 rings (SSSR count). The molecule has 2 aliphatic heterocycles. The summed E-state index contributed by atoms with van der Waals surface area (Å²) < 4.78 is 29.4. The third kappa shape index (κ3) is 4.89. The summed E-state index contributed by atoms with van der Waals surface area (Å²) >= 11 is 0. The minimum Gasteiger partial charge on any atom is -0.497 e. The summed E-state index contributed by atoms with van der Waals surface area (Å²) in [6, 6.07) is 23.8. The Bertz CT molecular complexity index is 1350. The van der Waals surface area contributed by atoms with Crippen molar-refractivity contribution in [3.05, 3.63) is 95.6 Å². The predicted octanol–water partition coefficient (Wildman–Crippen LogP) is 3.50. The molecule has 41 heavy (non-hydrogen) atoms. The molecule has 10 heteroatoms. The number of hydrogen-bond donors (Lipinski definition) is 2. The van der Waals surface area contributed by atoms with Gasteiger partial charge in [0.1, 0.15) is 47.2 Å². The Morgan fingerprint density at radius 2 is 1.12 bits per heavy atom. The quantitative estimate of drug-likeness (QED) is 0.279. The van der Waals surface area contributed by atoms with Crippen molar-refractivity contribution in [1.29, 1.82) is 0 Å². The van der Waals surface area contributed by atoms with Crippen molar-refractivity contribution in [2.75, 3.05) is 14.2 Å². The van der Waals surface area contributed by atoms with Gasteiger partial charge in [0, 0.05) is 6.92 Å². The molecule has 0 amide bonds. The van der Waals surface area contributed by atoms with E-state index < -0.39 is 59.8 Å². The van der Waals surface area contributed by atoms with Crippen LogP contribution in [0.3, 0.4) is 0 Å². The van der Waals surface area contributed by atoms with Crippen LogP contribution in [-0.4, -0.2) is 66.8 Å². The summed E-state index contributed by atoms with van der Waals surface area (Å²) in [5.74, 6) is -4.97. The average molecular weight is 563 g/mol. The van der Waals surface area contributed by atoms with Crippen LogP contribution in [0.4, 0.5) is 0 Å². The summed E-state index contributed by atoms with van der Waals surface area (Å²) in [6.45, 7) is 1.20. The number of hydrogen-bond acceptors (Lipinski definition) is 8. The number of carbonyl (C=O) groups is 3. The number of carbonyl (C=O) groups excluding carboxylic acids is 1. The molecule has 6 atom stereocenters. The number of fused-ring (bicyclic) bond motifs is 2. The zero-order valence-corrected chi connectivity index (χ0v) is 22.6. The second kappa shape index (κ2) is 11.2. The van der Waals surface area contributed by atoms with Crippen LogP contribution in [0, 0.1) is 11.8 Å². The van der Waals surface area contributed by atoms with Crippen molar-refractivity contribution >= 4 is 17.9 Å². The molecular weight excluding hydrogens is 532 g/mol. The number of benzene rings is 3. The molecule has 2 aliphatic rings. The molecule has 3 aromatic rings. The summed E-state index contributed by atoms with van der Waals surface area (Å²) in [5, 5.41) is 20.0. The number of rotatable bonds is 10. The van der Waals surface area contributed by atoms with Gasteiger partial charge >= 0.3 is 17.9 Å². The molecule has 2 N–H and O–H groups in total. The van der Waals surface area contributed by atoms with E-state index in [2.05, 4.69) is 0 Å². The maximum atomic E-state index is 12.4. The molecule has 2 saturated heterocycles. The molecule has 0 saturated carbocycles. The molecule has 2 bridgehead atoms. The van der Waals surface area contributed by atoms with Crippen LogP contribution < -0.4 is 9.47 Å². The third-order valence-electron chi connectivity index (χ3n) is 7.74. The smallest absolute Gasteiger partial charge is 0.310 e. The van der Waals surface area contributed by atoms with Gasteiger partial charge in [-0.15, -0.1) is 0 Å². The van der Waals surface area contributed by atoms with E-state index >= 15 is 0 Å². The largest absolute Gasteiger partial charge is 0.497 e. The summed E-state index contributed by atoms with van der Waals surface area (Å²) in [7, 11) is 3.11. The lowest BCUT2D eigenvalue weighted by molar-refractivity contribution is -0.178. The number of methoxy groups -OCH3 is 2. The maximum Gasteiger partial charge on any atom is 0.310 e. The van der Waals surface area contributed by atoms with Gasteiger partial charge in [-0.1, -0.05) is 54.6 Å². The number of esters is 1. The highest BCUT2D eigenvalue weighted by Crippen LogP contribution is 2.51. The van der Waals surface area contributed by atoms with Gasteiger partial charge in [0.2, 0.25) is 0 Å². The first-order valence-corrected chi connectivity index (χ1v) is 13.0. The second-order valence-electron chi connectivity index (χ2n) is 9.95. The molecule has 0 radical (unpaired) electrons. The van der Waals surface area contributed by atoms with Crippen molar-refractivity contribution < 1.29 is 48.3 Å². The first-order chi connectivity index (χ1) is 19.7. The normalized spacial score (nSPS) is 25.0. The zero-order chi connectivity index (χ0) is 29.3. The molecule has 0 spiro atoms. The summed E-state index contributed by atoms with van der Waals surface area (Å²) in [4.78, 5) is 36.7. The highest BCUT2D eigenvalue weighted by molar-refractivity contribution is 5.82. The highest BCUT2D eigenvalue weighted by atomic mass is 16.6. The van der Waals surface area contributed by atoms with Crippen molar-refractivity contribution in [3.63, 3.8) is 0 Å². The van der Waals surface area contributed by atoms with Gasteiger partial charge in [0.25, 0.3) is 0 Å². The molecule has 3 aromatic carbocycles. The van der Waals surface area contributed by atoms with Crippen molar-refractivity contribution in [2.24, 2.45) is 11.8 Å². The van der Waals surface area contributed by atoms with Crippen molar-refractivity contribution in [2.45, 2.75) is 36.9 Å². The highest BCUT2D eigenvalue weighted by Gasteiger charge is 2.68. The van der Waals surface area contributed by atoms with E-state index in [1.54, 1.807) is 38.5 Å². The molecule has 0 aromatic heterocycles. The van der Waals surface area contributed by atoms with Crippen LogP contribution in [0.5, 0.6) is 11.5 Å². The predicted molar refractivity (Wildman–Crippen MR) is 144 cm³/mol. The first-order valence-electron chi connectivity index (χ1n) is 13.0. The lowest BCUT2D eigenvalue weighted by atomic mass is 9.74. The third-order valence-corrected chi connectivity index (χ3v) is 7.74. The number of carboxylic acids is 2. The Hall–Kier alpha value is -4.41. The Morgan fingerprint density at radius 1 is 0.683 bits per heavy atom. The molecule has 2 fully saturated rings. The monoisotopic (exact) mass is 562 g/mol. The molecule has 0 aliphatic carbocycles. The maximum absolute atomic E-state index is 12.4. The molecule has 2 heterocycles. The van der Waals surface area contributed by atoms with E-state index in [0.29, 0.717) is 28.2 Å². The van der Waals surface area contributed by atoms with Crippen molar-refractivity contribution in [1.82, 2.24) is 0 Å². The molecule has 214 valence electrons. The van der Waals surface area contributed by atoms with E-state index in [-0.39, 0.29) is 0 Å². The van der Waals surface area contributed by atoms with E-state index in [0.717, 1.165) is 0 Å². The van der Waals surface area contributed by atoms with Crippen LogP contribution in [0.1, 0.15) is 23.6 Å². The topological polar surface area (TPSA) is 138 Å². The Balaban J connectivity index is 1.73. The molecular formula is C31H30O10. The van der Waals surface area contributed by atoms with Gasteiger partial charge in [-0.2, -0.15) is 0 Å². The number of carboxylic acid groups (broad SMARTS) is 2. The fourth-order valence-electron chi connectivity index (χ4n) is 5.98. The van der Waals surface area contributed by atoms with Crippen LogP contribution in [0.25, 0.3) is 0 Å². The standard InChI is InChI=1S/C31H30O10/c1-17(32)39-27-25-23(29(33)34)24(30(35)36)26(40-25)28(27)41-31(18-7-5-4-6-8-18,19-9-13-21(37-2)14-10-19)20-11-15-22(38-3)16-12-20/h4-16,23-28H,1-3H3,(H,33,34)(H,35,36)/t23-,24+,25-,26+,27-,28+/m1/s1. The lowest BCUT2D eigenvalue weighted by Crippen LogP contribution is -2.56. The average Bonchev–Trinajstić information content (AvgIpc) is 3.53. The van der Waals surface area contributed by atoms with Gasteiger partial charge in [-0.25, -0.2) is 0 Å². The van der Waals surface area contributed by atoms with Gasteiger partial charge < -0.3 is 33.9 Å². The van der Waals surface area contributed by atoms with E-state index in [1.165, 1.54) is 6.92 Å². The Morgan fingerprint density at radius 3 is 1.54 bits per heavy atom. The van der Waals surface area contributed by atoms with Crippen LogP contribution >= 0.6 is 0 Å². The zero-order valence-electron chi connectivity index (χ0n) is 22.6. The molecule has 0 unspecified atom stereocenters. The fourth-order valence-corrected chi connectivity index (χ4v) is 5.98. The van der Waals surface area contributed by atoms with Crippen molar-refractivity contribution in [3.8, 4) is 11.5 Å². The van der Waals surface area contributed by atoms with E-state index in [1.807, 2.05) is 54.6 Å². The first kappa shape index (κ1) is 28.1. The van der Waals surface area contributed by atoms with Crippen LogP contribution in [-0.2, 0) is 34.2 Å². The SMILES string of the molecule is COc1ccc(C(O[C@@H]2[C@H](OC(C)=O)[C@@H]3O[C@H]2[C@@H](C(=O)O)[C@H]3C(=O)O)(c2ccccc2)c2ccc(OC)cc2)cc1. The number of aliphatic carboxylic acids is 2. The fraction of sp³-hybridized carbons (Fsp3) is 0.323. The summed E-state index contributed by atoms with van der Waals surface area (Å²) in [5.41, 5.74) is 0.654. The summed E-state index contributed by atoms with van der Waals surface area (Å²) in [6.07, 6.45) is -4.73. The van der Waals surface area contributed by atoms with Gasteiger partial charge in [0.05, 0.1) is 14.2 Å². The Labute approximate surface area is 236 Å². The van der Waals surface area contributed by atoms with Crippen LogP contribution in [0.2, 0.25) is 0 Å².